The normalized spacial score (nSPS) is 16.0. The Morgan fingerprint density at radius 2 is 1.81 bits per heavy atom. The van der Waals surface area contributed by atoms with Gasteiger partial charge in [0.1, 0.15) is 5.82 Å². The van der Waals surface area contributed by atoms with Crippen molar-refractivity contribution < 1.29 is 8.76 Å². The lowest BCUT2D eigenvalue weighted by Crippen LogP contribution is -2.30. The molecule has 6 heteroatoms. The van der Waals surface area contributed by atoms with Gasteiger partial charge < -0.3 is 9.45 Å². The van der Waals surface area contributed by atoms with Crippen LogP contribution in [-0.4, -0.2) is 31.8 Å². The maximum absolute atomic E-state index is 11.1. The van der Waals surface area contributed by atoms with Gasteiger partial charge in [-0.3, -0.25) is 4.98 Å². The minimum Gasteiger partial charge on any atom is -0.355 e. The third-order valence-corrected chi connectivity index (χ3v) is 5.34. The zero-order valence-corrected chi connectivity index (χ0v) is 15.3. The highest BCUT2D eigenvalue weighted by molar-refractivity contribution is 7.78. The number of aromatic nitrogens is 2. The summed E-state index contributed by atoms with van der Waals surface area (Å²) in [5.74, 6) is 1.08. The topological polar surface area (TPSA) is 66.3 Å². The molecule has 1 aliphatic heterocycles. The molecule has 1 unspecified atom stereocenters. The Kier molecular flexibility index (Phi) is 4.95. The summed E-state index contributed by atoms with van der Waals surface area (Å²) >= 11 is -1.84. The summed E-state index contributed by atoms with van der Waals surface area (Å²) in [7, 11) is 0. The van der Waals surface area contributed by atoms with E-state index in [1.165, 1.54) is 19.3 Å². The Balaban J connectivity index is 1.69. The molecule has 1 fully saturated rings. The van der Waals surface area contributed by atoms with Crippen molar-refractivity contribution in [3.8, 4) is 11.1 Å². The second-order valence-corrected chi connectivity index (χ2v) is 7.58. The van der Waals surface area contributed by atoms with E-state index >= 15 is 0 Å². The first-order valence-electron chi connectivity index (χ1n) is 8.87. The Morgan fingerprint density at radius 3 is 2.62 bits per heavy atom. The van der Waals surface area contributed by atoms with Crippen molar-refractivity contribution in [2.75, 3.05) is 18.0 Å². The SMILES string of the molecule is O=S(O)Cc1cccc(-c2ccc3ncc(N4CCCCC4)nc3c2)c1. The van der Waals surface area contributed by atoms with Crippen molar-refractivity contribution in [1.29, 1.82) is 0 Å². The monoisotopic (exact) mass is 367 g/mol. The highest BCUT2D eigenvalue weighted by atomic mass is 32.2. The van der Waals surface area contributed by atoms with E-state index in [0.717, 1.165) is 46.6 Å². The lowest BCUT2D eigenvalue weighted by atomic mass is 10.0. The molecule has 1 aliphatic rings. The number of hydrogen-bond donors (Lipinski definition) is 1. The van der Waals surface area contributed by atoms with Crippen LogP contribution in [0.5, 0.6) is 0 Å². The molecule has 3 aromatic rings. The fourth-order valence-electron chi connectivity index (χ4n) is 3.44. The van der Waals surface area contributed by atoms with E-state index in [4.69, 9.17) is 9.54 Å². The standard InChI is InChI=1S/C20H21N3O2S/c24-26(25)14-15-5-4-6-16(11-15)17-7-8-18-19(12-17)22-20(13-21-18)23-9-2-1-3-10-23/h4-8,11-13H,1-3,9-10,14H2,(H,24,25). The van der Waals surface area contributed by atoms with Crippen LogP contribution in [0.15, 0.2) is 48.7 Å². The molecule has 0 spiro atoms. The third kappa shape index (κ3) is 3.76. The van der Waals surface area contributed by atoms with Crippen molar-refractivity contribution in [1.82, 2.24) is 9.97 Å². The Bertz CT molecular complexity index is 955. The lowest BCUT2D eigenvalue weighted by Gasteiger charge is -2.27. The number of nitrogens with zero attached hydrogens (tertiary/aromatic N) is 3. The zero-order valence-electron chi connectivity index (χ0n) is 14.5. The number of piperidine rings is 1. The van der Waals surface area contributed by atoms with E-state index < -0.39 is 11.1 Å². The predicted octanol–water partition coefficient (Wildman–Crippen LogP) is 4.01. The van der Waals surface area contributed by atoms with Gasteiger partial charge in [-0.05, 0) is 48.1 Å². The van der Waals surface area contributed by atoms with Crippen LogP contribution in [0.3, 0.4) is 0 Å². The molecule has 0 radical (unpaired) electrons. The van der Waals surface area contributed by atoms with Crippen LogP contribution in [-0.2, 0) is 16.8 Å². The molecule has 1 aromatic heterocycles. The van der Waals surface area contributed by atoms with E-state index in [1.54, 1.807) is 0 Å². The van der Waals surface area contributed by atoms with Gasteiger partial charge >= 0.3 is 0 Å². The third-order valence-electron chi connectivity index (χ3n) is 4.76. The van der Waals surface area contributed by atoms with Gasteiger partial charge in [0.2, 0.25) is 0 Å². The van der Waals surface area contributed by atoms with Crippen molar-refractivity contribution >= 4 is 27.9 Å². The number of benzene rings is 2. The van der Waals surface area contributed by atoms with Gasteiger partial charge in [0.15, 0.2) is 11.1 Å². The first-order valence-corrected chi connectivity index (χ1v) is 10.2. The molecule has 134 valence electrons. The van der Waals surface area contributed by atoms with Crippen LogP contribution in [0.2, 0.25) is 0 Å². The van der Waals surface area contributed by atoms with Crippen LogP contribution in [0.4, 0.5) is 5.82 Å². The van der Waals surface area contributed by atoms with E-state index in [2.05, 4.69) is 9.88 Å². The molecule has 1 saturated heterocycles. The number of hydrogen-bond acceptors (Lipinski definition) is 4. The summed E-state index contributed by atoms with van der Waals surface area (Å²) in [6.45, 7) is 2.08. The zero-order chi connectivity index (χ0) is 17.9. The van der Waals surface area contributed by atoms with E-state index in [1.807, 2.05) is 48.7 Å². The minimum absolute atomic E-state index is 0.139. The summed E-state index contributed by atoms with van der Waals surface area (Å²) in [6, 6.07) is 13.8. The molecule has 1 N–H and O–H groups in total. The predicted molar refractivity (Wildman–Crippen MR) is 106 cm³/mol. The molecule has 0 saturated carbocycles. The maximum atomic E-state index is 11.1. The number of fused-ring (bicyclic) bond motifs is 1. The highest BCUT2D eigenvalue weighted by Crippen LogP contribution is 2.26. The molecule has 1 atom stereocenters. The number of rotatable bonds is 4. The first kappa shape index (κ1) is 17.1. The molecular weight excluding hydrogens is 346 g/mol. The van der Waals surface area contributed by atoms with Crippen molar-refractivity contribution in [2.24, 2.45) is 0 Å². The van der Waals surface area contributed by atoms with Crippen LogP contribution >= 0.6 is 0 Å². The van der Waals surface area contributed by atoms with Crippen molar-refractivity contribution in [3.63, 3.8) is 0 Å². The second-order valence-electron chi connectivity index (χ2n) is 6.65. The molecule has 26 heavy (non-hydrogen) atoms. The molecule has 5 nitrogen and oxygen atoms in total. The van der Waals surface area contributed by atoms with E-state index in [-0.39, 0.29) is 5.75 Å². The fraction of sp³-hybridized carbons (Fsp3) is 0.300. The van der Waals surface area contributed by atoms with Gasteiger partial charge in [-0.25, -0.2) is 9.19 Å². The van der Waals surface area contributed by atoms with Crippen LogP contribution in [0.25, 0.3) is 22.2 Å². The molecule has 4 rings (SSSR count). The summed E-state index contributed by atoms with van der Waals surface area (Å²) in [4.78, 5) is 11.7. The van der Waals surface area contributed by atoms with E-state index in [9.17, 15) is 4.21 Å². The van der Waals surface area contributed by atoms with Crippen LogP contribution < -0.4 is 4.90 Å². The largest absolute Gasteiger partial charge is 0.355 e. The molecule has 0 bridgehead atoms. The summed E-state index contributed by atoms with van der Waals surface area (Å²) < 4.78 is 20.2. The number of anilines is 1. The summed E-state index contributed by atoms with van der Waals surface area (Å²) in [5.41, 5.74) is 4.65. The fourth-order valence-corrected chi connectivity index (χ4v) is 3.90. The molecule has 0 amide bonds. The second kappa shape index (κ2) is 7.51. The first-order chi connectivity index (χ1) is 12.7. The molecular formula is C20H21N3O2S. The Hall–Kier alpha value is -2.31. The van der Waals surface area contributed by atoms with Gasteiger partial charge in [0.25, 0.3) is 0 Å². The summed E-state index contributed by atoms with van der Waals surface area (Å²) in [5, 5.41) is 0. The van der Waals surface area contributed by atoms with Gasteiger partial charge in [-0.15, -0.1) is 0 Å². The van der Waals surface area contributed by atoms with Gasteiger partial charge in [0, 0.05) is 13.1 Å². The summed E-state index contributed by atoms with van der Waals surface area (Å²) in [6.07, 6.45) is 5.57. The van der Waals surface area contributed by atoms with Crippen molar-refractivity contribution in [2.45, 2.75) is 25.0 Å². The van der Waals surface area contributed by atoms with Crippen molar-refractivity contribution in [3.05, 3.63) is 54.2 Å². The highest BCUT2D eigenvalue weighted by Gasteiger charge is 2.13. The van der Waals surface area contributed by atoms with Crippen LogP contribution in [0.1, 0.15) is 24.8 Å². The Labute approximate surface area is 155 Å². The van der Waals surface area contributed by atoms with Gasteiger partial charge in [0.05, 0.1) is 23.0 Å². The van der Waals surface area contributed by atoms with Gasteiger partial charge in [-0.1, -0.05) is 30.3 Å². The average molecular weight is 367 g/mol. The maximum Gasteiger partial charge on any atom is 0.157 e. The van der Waals surface area contributed by atoms with Gasteiger partial charge in [-0.2, -0.15) is 0 Å². The van der Waals surface area contributed by atoms with Crippen LogP contribution in [0, 0.1) is 0 Å². The lowest BCUT2D eigenvalue weighted by molar-refractivity contribution is 0.563. The smallest absolute Gasteiger partial charge is 0.157 e. The average Bonchev–Trinajstić information content (AvgIpc) is 2.67. The molecule has 2 heterocycles. The Morgan fingerprint density at radius 1 is 1.00 bits per heavy atom. The molecule has 2 aromatic carbocycles. The van der Waals surface area contributed by atoms with E-state index in [0.29, 0.717) is 0 Å². The quantitative estimate of drug-likeness (QED) is 0.706. The molecule has 0 aliphatic carbocycles. The minimum atomic E-state index is -1.84.